The van der Waals surface area contributed by atoms with E-state index in [1.54, 1.807) is 6.07 Å². The number of hydrogen-bond acceptors (Lipinski definition) is 4. The highest BCUT2D eigenvalue weighted by molar-refractivity contribution is 5.94. The van der Waals surface area contributed by atoms with Crippen LogP contribution in [0.25, 0.3) is 5.69 Å². The van der Waals surface area contributed by atoms with Gasteiger partial charge in [0.1, 0.15) is 0 Å². The number of nitrogens with zero attached hydrogens (tertiary/aromatic N) is 2. The molecule has 0 saturated heterocycles. The number of amides is 1. The summed E-state index contributed by atoms with van der Waals surface area (Å²) in [5.41, 5.74) is 3.32. The van der Waals surface area contributed by atoms with Crippen LogP contribution in [0.4, 0.5) is 0 Å². The Labute approximate surface area is 157 Å². The Balaban J connectivity index is 1.92. The van der Waals surface area contributed by atoms with Crippen LogP contribution in [0.2, 0.25) is 0 Å². The third-order valence-electron chi connectivity index (χ3n) is 4.25. The summed E-state index contributed by atoms with van der Waals surface area (Å²) in [6, 6.07) is 16.5. The van der Waals surface area contributed by atoms with Gasteiger partial charge in [-0.25, -0.2) is 0 Å². The second-order valence-electron chi connectivity index (χ2n) is 6.27. The molecule has 1 aromatic heterocycles. The van der Waals surface area contributed by atoms with E-state index in [0.717, 1.165) is 16.7 Å². The van der Waals surface area contributed by atoms with Crippen molar-refractivity contribution in [2.45, 2.75) is 20.4 Å². The van der Waals surface area contributed by atoms with Gasteiger partial charge in [-0.05, 0) is 31.0 Å². The van der Waals surface area contributed by atoms with Crippen LogP contribution < -0.4 is 15.6 Å². The molecule has 3 aromatic rings. The van der Waals surface area contributed by atoms with E-state index in [2.05, 4.69) is 10.4 Å². The van der Waals surface area contributed by atoms with Crippen LogP contribution in [0.5, 0.6) is 5.75 Å². The number of carbonyl (C=O) groups excluding carboxylic acids is 1. The maximum absolute atomic E-state index is 12.7. The Kier molecular flexibility index (Phi) is 5.35. The van der Waals surface area contributed by atoms with Gasteiger partial charge in [0.2, 0.25) is 0 Å². The first kappa shape index (κ1) is 18.4. The predicted octanol–water partition coefficient (Wildman–Crippen LogP) is 2.79. The summed E-state index contributed by atoms with van der Waals surface area (Å²) >= 11 is 0. The van der Waals surface area contributed by atoms with Crippen molar-refractivity contribution in [2.75, 3.05) is 7.11 Å². The molecule has 0 aliphatic carbocycles. The highest BCUT2D eigenvalue weighted by Crippen LogP contribution is 2.16. The highest BCUT2D eigenvalue weighted by atomic mass is 16.5. The van der Waals surface area contributed by atoms with Crippen molar-refractivity contribution in [2.24, 2.45) is 0 Å². The number of carbonyl (C=O) groups is 1. The molecular weight excluding hydrogens is 342 g/mol. The SMILES string of the molecule is COc1cc(=O)n(-c2ccccc2C)nc1C(=O)NCc1ccc(C)cc1. The van der Waals surface area contributed by atoms with Crippen molar-refractivity contribution in [1.29, 1.82) is 0 Å². The molecule has 1 N–H and O–H groups in total. The Morgan fingerprint density at radius 3 is 2.48 bits per heavy atom. The lowest BCUT2D eigenvalue weighted by atomic mass is 10.1. The molecule has 0 fully saturated rings. The lowest BCUT2D eigenvalue weighted by molar-refractivity contribution is 0.0940. The van der Waals surface area contributed by atoms with Crippen LogP contribution in [-0.4, -0.2) is 22.8 Å². The number of hydrogen-bond donors (Lipinski definition) is 1. The fourth-order valence-electron chi connectivity index (χ4n) is 2.70. The zero-order chi connectivity index (χ0) is 19.4. The average molecular weight is 363 g/mol. The lowest BCUT2D eigenvalue weighted by Gasteiger charge is -2.13. The van der Waals surface area contributed by atoms with E-state index in [4.69, 9.17) is 4.74 Å². The van der Waals surface area contributed by atoms with Gasteiger partial charge >= 0.3 is 0 Å². The summed E-state index contributed by atoms with van der Waals surface area (Å²) in [7, 11) is 1.41. The molecule has 0 spiro atoms. The van der Waals surface area contributed by atoms with E-state index in [9.17, 15) is 9.59 Å². The van der Waals surface area contributed by atoms with Crippen molar-refractivity contribution in [1.82, 2.24) is 15.1 Å². The van der Waals surface area contributed by atoms with Gasteiger partial charge in [-0.2, -0.15) is 9.78 Å². The quantitative estimate of drug-likeness (QED) is 0.756. The monoisotopic (exact) mass is 363 g/mol. The average Bonchev–Trinajstić information content (AvgIpc) is 2.67. The number of para-hydroxylation sites is 1. The van der Waals surface area contributed by atoms with Crippen molar-refractivity contribution >= 4 is 5.91 Å². The van der Waals surface area contributed by atoms with E-state index in [1.807, 2.05) is 56.3 Å². The molecule has 0 saturated carbocycles. The molecule has 6 nitrogen and oxygen atoms in total. The molecule has 1 heterocycles. The van der Waals surface area contributed by atoms with Crippen LogP contribution in [0.1, 0.15) is 27.2 Å². The fraction of sp³-hybridized carbons (Fsp3) is 0.190. The number of aryl methyl sites for hydroxylation is 2. The molecule has 0 bridgehead atoms. The predicted molar refractivity (Wildman–Crippen MR) is 103 cm³/mol. The number of rotatable bonds is 5. The molecule has 6 heteroatoms. The lowest BCUT2D eigenvalue weighted by Crippen LogP contribution is -2.30. The number of methoxy groups -OCH3 is 1. The summed E-state index contributed by atoms with van der Waals surface area (Å²) in [5.74, 6) is -0.263. The molecule has 0 atom stereocenters. The number of nitrogens with one attached hydrogen (secondary N) is 1. The van der Waals surface area contributed by atoms with Gasteiger partial charge < -0.3 is 10.1 Å². The van der Waals surface area contributed by atoms with Crippen LogP contribution in [0, 0.1) is 13.8 Å². The first-order chi connectivity index (χ1) is 13.0. The maximum atomic E-state index is 12.7. The highest BCUT2D eigenvalue weighted by Gasteiger charge is 2.18. The zero-order valence-corrected chi connectivity index (χ0v) is 15.5. The van der Waals surface area contributed by atoms with E-state index >= 15 is 0 Å². The van der Waals surface area contributed by atoms with Crippen molar-refractivity contribution in [3.63, 3.8) is 0 Å². The van der Waals surface area contributed by atoms with Crippen LogP contribution in [0.3, 0.4) is 0 Å². The van der Waals surface area contributed by atoms with Gasteiger partial charge in [0.25, 0.3) is 11.5 Å². The van der Waals surface area contributed by atoms with Gasteiger partial charge in [0.15, 0.2) is 11.4 Å². The smallest absolute Gasteiger partial charge is 0.275 e. The number of aromatic nitrogens is 2. The second-order valence-corrected chi connectivity index (χ2v) is 6.27. The zero-order valence-electron chi connectivity index (χ0n) is 15.5. The minimum atomic E-state index is -0.408. The molecule has 0 aliphatic heterocycles. The first-order valence-electron chi connectivity index (χ1n) is 8.57. The summed E-state index contributed by atoms with van der Waals surface area (Å²) in [6.07, 6.45) is 0. The van der Waals surface area contributed by atoms with Gasteiger partial charge in [-0.3, -0.25) is 9.59 Å². The molecule has 0 aliphatic rings. The molecule has 138 valence electrons. The standard InChI is InChI=1S/C21H21N3O3/c1-14-8-10-16(11-9-14)13-22-21(26)20-18(27-3)12-19(25)24(23-20)17-7-5-4-6-15(17)2/h4-12H,13H2,1-3H3,(H,22,26). The third-order valence-corrected chi connectivity index (χ3v) is 4.25. The summed E-state index contributed by atoms with van der Waals surface area (Å²) in [6.45, 7) is 4.24. The summed E-state index contributed by atoms with van der Waals surface area (Å²) in [4.78, 5) is 25.1. The molecule has 0 radical (unpaired) electrons. The Morgan fingerprint density at radius 1 is 1.11 bits per heavy atom. The van der Waals surface area contributed by atoms with Gasteiger partial charge in [0.05, 0.1) is 18.9 Å². The van der Waals surface area contributed by atoms with Crippen molar-refractivity contribution < 1.29 is 9.53 Å². The molecule has 27 heavy (non-hydrogen) atoms. The molecule has 1 amide bonds. The van der Waals surface area contributed by atoms with Crippen LogP contribution in [-0.2, 0) is 6.54 Å². The molecule has 3 rings (SSSR count). The minimum Gasteiger partial charge on any atom is -0.494 e. The fourth-order valence-corrected chi connectivity index (χ4v) is 2.70. The molecular formula is C21H21N3O3. The van der Waals surface area contributed by atoms with E-state index in [-0.39, 0.29) is 17.0 Å². The number of ether oxygens (including phenoxy) is 1. The molecule has 0 unspecified atom stereocenters. The Morgan fingerprint density at radius 2 is 1.81 bits per heavy atom. The summed E-state index contributed by atoms with van der Waals surface area (Å²) in [5, 5.41) is 7.09. The topological polar surface area (TPSA) is 73.2 Å². The van der Waals surface area contributed by atoms with Crippen LogP contribution >= 0.6 is 0 Å². The van der Waals surface area contributed by atoms with Gasteiger partial charge in [0, 0.05) is 6.54 Å². The van der Waals surface area contributed by atoms with Crippen molar-refractivity contribution in [3.05, 3.63) is 87.3 Å². The minimum absolute atomic E-state index is 0.0625. The summed E-state index contributed by atoms with van der Waals surface area (Å²) < 4.78 is 6.42. The first-order valence-corrected chi connectivity index (χ1v) is 8.57. The van der Waals surface area contributed by atoms with E-state index in [0.29, 0.717) is 12.2 Å². The van der Waals surface area contributed by atoms with Gasteiger partial charge in [-0.15, -0.1) is 0 Å². The number of benzene rings is 2. The van der Waals surface area contributed by atoms with Gasteiger partial charge in [-0.1, -0.05) is 48.0 Å². The second kappa shape index (κ2) is 7.86. The molecule has 2 aromatic carbocycles. The van der Waals surface area contributed by atoms with E-state index in [1.165, 1.54) is 17.9 Å². The largest absolute Gasteiger partial charge is 0.494 e. The Bertz CT molecular complexity index is 1020. The maximum Gasteiger partial charge on any atom is 0.275 e. The van der Waals surface area contributed by atoms with E-state index < -0.39 is 5.91 Å². The van der Waals surface area contributed by atoms with Crippen LogP contribution in [0.15, 0.2) is 59.4 Å². The Hall–Kier alpha value is -3.41. The normalized spacial score (nSPS) is 10.5. The third kappa shape index (κ3) is 4.06. The van der Waals surface area contributed by atoms with Crippen molar-refractivity contribution in [3.8, 4) is 11.4 Å².